The first-order valence-electron chi connectivity index (χ1n) is 4.63. The second kappa shape index (κ2) is 4.26. The molecule has 0 atom stereocenters. The summed E-state index contributed by atoms with van der Waals surface area (Å²) in [5.41, 5.74) is -0.500. The van der Waals surface area contributed by atoms with E-state index in [2.05, 4.69) is 0 Å². The maximum absolute atomic E-state index is 11.4. The summed E-state index contributed by atoms with van der Waals surface area (Å²) in [5.74, 6) is -0.00754. The normalized spacial score (nSPS) is 19.9. The van der Waals surface area contributed by atoms with Gasteiger partial charge in [-0.15, -0.1) is 0 Å². The van der Waals surface area contributed by atoms with Crippen molar-refractivity contribution in [3.8, 4) is 0 Å². The van der Waals surface area contributed by atoms with Crippen LogP contribution in [-0.4, -0.2) is 35.2 Å². The molecule has 0 radical (unpaired) electrons. The third-order valence-electron chi connectivity index (χ3n) is 1.70. The molecule has 5 heteroatoms. The van der Waals surface area contributed by atoms with Crippen LogP contribution in [0.2, 0.25) is 0 Å². The van der Waals surface area contributed by atoms with Crippen LogP contribution in [-0.2, 0) is 14.3 Å². The summed E-state index contributed by atoms with van der Waals surface area (Å²) >= 11 is 1.35. The predicted molar refractivity (Wildman–Crippen MR) is 59.2 cm³/mol. The summed E-state index contributed by atoms with van der Waals surface area (Å²) < 4.78 is 5.12. The molecule has 1 aliphatic rings. The Morgan fingerprint density at radius 1 is 1.53 bits per heavy atom. The van der Waals surface area contributed by atoms with E-state index in [1.807, 2.05) is 0 Å². The van der Waals surface area contributed by atoms with Gasteiger partial charge in [-0.05, 0) is 20.8 Å². The average Bonchev–Trinajstić information content (AvgIpc) is 2.32. The lowest BCUT2D eigenvalue weighted by molar-refractivity contribution is -0.148. The summed E-state index contributed by atoms with van der Waals surface area (Å²) in [7, 11) is 1.65. The third kappa shape index (κ3) is 3.58. The molecule has 1 saturated heterocycles. The minimum atomic E-state index is -0.500. The van der Waals surface area contributed by atoms with Crippen LogP contribution in [0.1, 0.15) is 20.8 Å². The first kappa shape index (κ1) is 12.1. The summed E-state index contributed by atoms with van der Waals surface area (Å²) in [6, 6.07) is 0. The molecule has 0 aliphatic carbocycles. The number of ether oxygens (including phenoxy) is 1. The lowest BCUT2D eigenvalue weighted by Crippen LogP contribution is -2.24. The van der Waals surface area contributed by atoms with E-state index in [1.165, 1.54) is 22.7 Å². The van der Waals surface area contributed by atoms with Crippen LogP contribution < -0.4 is 0 Å². The van der Waals surface area contributed by atoms with Gasteiger partial charge in [0, 0.05) is 7.05 Å². The Hall–Kier alpha value is -0.970. The molecule has 0 aromatic heterocycles. The highest BCUT2D eigenvalue weighted by molar-refractivity contribution is 8.04. The Kier molecular flexibility index (Phi) is 3.44. The fraction of sp³-hybridized carbons (Fsp3) is 0.600. The van der Waals surface area contributed by atoms with Gasteiger partial charge in [0.25, 0.3) is 0 Å². The largest absolute Gasteiger partial charge is 0.457 e. The molecule has 1 aliphatic heterocycles. The smallest absolute Gasteiger partial charge is 0.333 e. The molecule has 1 rings (SSSR count). The number of hydrogen-bond donors (Lipinski definition) is 0. The van der Waals surface area contributed by atoms with Gasteiger partial charge in [0.15, 0.2) is 0 Å². The molecule has 1 heterocycles. The van der Waals surface area contributed by atoms with Gasteiger partial charge in [-0.3, -0.25) is 4.79 Å². The van der Waals surface area contributed by atoms with Crippen molar-refractivity contribution in [3.05, 3.63) is 11.1 Å². The molecule has 1 fully saturated rings. The van der Waals surface area contributed by atoms with Crippen molar-refractivity contribution in [3.63, 3.8) is 0 Å². The Morgan fingerprint density at radius 3 is 2.53 bits per heavy atom. The van der Waals surface area contributed by atoms with E-state index in [0.717, 1.165) is 0 Å². The van der Waals surface area contributed by atoms with Gasteiger partial charge in [-0.1, -0.05) is 11.8 Å². The van der Waals surface area contributed by atoms with Crippen LogP contribution in [0.15, 0.2) is 11.1 Å². The molecule has 15 heavy (non-hydrogen) atoms. The van der Waals surface area contributed by atoms with Crippen molar-refractivity contribution in [1.29, 1.82) is 0 Å². The van der Waals surface area contributed by atoms with Crippen molar-refractivity contribution in [1.82, 2.24) is 4.90 Å². The standard InChI is InChI=1S/C10H15NO3S/c1-10(2,3)14-9(13)5-8-11(4)7(12)6-15-8/h5H,6H2,1-4H3. The second-order valence-electron chi connectivity index (χ2n) is 4.26. The Balaban J connectivity index is 2.64. The summed E-state index contributed by atoms with van der Waals surface area (Å²) in [6.07, 6.45) is 1.36. The molecule has 0 spiro atoms. The van der Waals surface area contributed by atoms with Gasteiger partial charge in [0.05, 0.1) is 16.9 Å². The van der Waals surface area contributed by atoms with E-state index in [1.54, 1.807) is 27.8 Å². The first-order valence-corrected chi connectivity index (χ1v) is 5.62. The van der Waals surface area contributed by atoms with Crippen molar-refractivity contribution in [2.45, 2.75) is 26.4 Å². The van der Waals surface area contributed by atoms with Gasteiger partial charge in [-0.2, -0.15) is 0 Å². The molecule has 0 unspecified atom stereocenters. The molecule has 0 N–H and O–H groups in total. The number of nitrogens with zero attached hydrogens (tertiary/aromatic N) is 1. The van der Waals surface area contributed by atoms with Gasteiger partial charge in [-0.25, -0.2) is 4.79 Å². The quantitative estimate of drug-likeness (QED) is 0.503. The molecular formula is C10H15NO3S. The Labute approximate surface area is 93.6 Å². The van der Waals surface area contributed by atoms with Gasteiger partial charge in [0.1, 0.15) is 5.60 Å². The Bertz CT molecular complexity index is 317. The number of esters is 1. The monoisotopic (exact) mass is 229 g/mol. The molecule has 84 valence electrons. The predicted octanol–water partition coefficient (Wildman–Crippen LogP) is 1.37. The van der Waals surface area contributed by atoms with Crippen LogP contribution in [0, 0.1) is 0 Å². The van der Waals surface area contributed by atoms with Crippen molar-refractivity contribution >= 4 is 23.6 Å². The molecule has 1 amide bonds. The highest BCUT2D eigenvalue weighted by atomic mass is 32.2. The van der Waals surface area contributed by atoms with Crippen LogP contribution in [0.25, 0.3) is 0 Å². The van der Waals surface area contributed by atoms with Crippen molar-refractivity contribution < 1.29 is 14.3 Å². The number of carbonyl (C=O) groups excluding carboxylic acids is 2. The molecule has 0 aromatic rings. The second-order valence-corrected chi connectivity index (χ2v) is 5.25. The number of thioether (sulfide) groups is 1. The van der Waals surface area contributed by atoms with E-state index in [9.17, 15) is 9.59 Å². The third-order valence-corrected chi connectivity index (χ3v) is 2.78. The van der Waals surface area contributed by atoms with E-state index in [0.29, 0.717) is 10.8 Å². The minimum Gasteiger partial charge on any atom is -0.457 e. The number of carbonyl (C=O) groups is 2. The fourth-order valence-corrected chi connectivity index (χ4v) is 1.96. The maximum Gasteiger partial charge on any atom is 0.333 e. The number of rotatable bonds is 1. The average molecular weight is 229 g/mol. The van der Waals surface area contributed by atoms with Crippen LogP contribution in [0.4, 0.5) is 0 Å². The van der Waals surface area contributed by atoms with Crippen molar-refractivity contribution in [2.24, 2.45) is 0 Å². The zero-order valence-corrected chi connectivity index (χ0v) is 10.2. The summed E-state index contributed by atoms with van der Waals surface area (Å²) in [4.78, 5) is 24.0. The van der Waals surface area contributed by atoms with E-state index in [-0.39, 0.29) is 5.91 Å². The van der Waals surface area contributed by atoms with Crippen LogP contribution in [0.5, 0.6) is 0 Å². The fourth-order valence-electron chi connectivity index (χ4n) is 1.02. The van der Waals surface area contributed by atoms with E-state index in [4.69, 9.17) is 4.74 Å². The molecule has 0 bridgehead atoms. The summed E-state index contributed by atoms with van der Waals surface area (Å²) in [6.45, 7) is 5.42. The molecule has 0 saturated carbocycles. The van der Waals surface area contributed by atoms with E-state index < -0.39 is 11.6 Å². The first-order chi connectivity index (χ1) is 6.79. The minimum absolute atomic E-state index is 0.00908. The lowest BCUT2D eigenvalue weighted by Gasteiger charge is -2.18. The zero-order chi connectivity index (χ0) is 11.6. The maximum atomic E-state index is 11.4. The lowest BCUT2D eigenvalue weighted by atomic mass is 10.2. The zero-order valence-electron chi connectivity index (χ0n) is 9.36. The molecule has 4 nitrogen and oxygen atoms in total. The summed E-state index contributed by atoms with van der Waals surface area (Å²) in [5, 5.41) is 0.647. The van der Waals surface area contributed by atoms with Gasteiger partial charge < -0.3 is 9.64 Å². The topological polar surface area (TPSA) is 46.6 Å². The SMILES string of the molecule is CN1C(=O)CSC1=CC(=O)OC(C)(C)C. The van der Waals surface area contributed by atoms with Gasteiger partial charge >= 0.3 is 5.97 Å². The number of hydrogen-bond acceptors (Lipinski definition) is 4. The van der Waals surface area contributed by atoms with Crippen LogP contribution >= 0.6 is 11.8 Å². The highest BCUT2D eigenvalue weighted by Gasteiger charge is 2.24. The highest BCUT2D eigenvalue weighted by Crippen LogP contribution is 2.27. The molecular weight excluding hydrogens is 214 g/mol. The number of amides is 1. The van der Waals surface area contributed by atoms with Gasteiger partial charge in [0.2, 0.25) is 5.91 Å². The van der Waals surface area contributed by atoms with Crippen molar-refractivity contribution in [2.75, 3.05) is 12.8 Å². The Morgan fingerprint density at radius 2 is 2.13 bits per heavy atom. The van der Waals surface area contributed by atoms with E-state index >= 15 is 0 Å². The molecule has 0 aromatic carbocycles. The van der Waals surface area contributed by atoms with Crippen LogP contribution in [0.3, 0.4) is 0 Å².